The average molecular weight is 221 g/mol. The van der Waals surface area contributed by atoms with Gasteiger partial charge in [0.15, 0.2) is 0 Å². The fourth-order valence-electron chi connectivity index (χ4n) is 1.25. The van der Waals surface area contributed by atoms with Crippen LogP contribution in [0.5, 0.6) is 0 Å². The van der Waals surface area contributed by atoms with Crippen LogP contribution in [0.3, 0.4) is 0 Å². The molecule has 0 atom stereocenters. The van der Waals surface area contributed by atoms with Crippen LogP contribution in [0.2, 0.25) is 0 Å². The van der Waals surface area contributed by atoms with Gasteiger partial charge in [0.05, 0.1) is 4.88 Å². The van der Waals surface area contributed by atoms with Crippen molar-refractivity contribution in [2.45, 2.75) is 0 Å². The van der Waals surface area contributed by atoms with E-state index in [9.17, 15) is 4.79 Å². The van der Waals surface area contributed by atoms with Crippen LogP contribution in [0.1, 0.15) is 0 Å². The lowest BCUT2D eigenvalue weighted by molar-refractivity contribution is 0.426. The third kappa shape index (κ3) is 2.17. The van der Waals surface area contributed by atoms with Crippen molar-refractivity contribution in [3.05, 3.63) is 40.1 Å². The van der Waals surface area contributed by atoms with Gasteiger partial charge in [-0.05, 0) is 11.0 Å². The lowest BCUT2D eigenvalue weighted by Crippen LogP contribution is -2.29. The maximum absolute atomic E-state index is 10.9. The summed E-state index contributed by atoms with van der Waals surface area (Å²) in [5.41, 5.74) is 1.31. The Kier molecular flexibility index (Phi) is 2.72. The van der Waals surface area contributed by atoms with E-state index in [-0.39, 0.29) is 4.87 Å². The number of nitrogens with one attached hydrogen (secondary N) is 1. The molecule has 1 heterocycles. The largest absolute Gasteiger partial charge is 0.488 e. The fourth-order valence-corrected chi connectivity index (χ4v) is 1.93. The van der Waals surface area contributed by atoms with E-state index in [1.165, 1.54) is 0 Å². The van der Waals surface area contributed by atoms with Gasteiger partial charge in [-0.1, -0.05) is 35.6 Å². The van der Waals surface area contributed by atoms with Crippen molar-refractivity contribution in [2.75, 3.05) is 0 Å². The quantitative estimate of drug-likeness (QED) is 0.614. The maximum Gasteiger partial charge on any atom is 0.488 e. The summed E-state index contributed by atoms with van der Waals surface area (Å²) in [4.78, 5) is 14.2. The van der Waals surface area contributed by atoms with Crippen molar-refractivity contribution in [3.63, 3.8) is 0 Å². The molecule has 0 aliphatic rings. The molecule has 0 saturated heterocycles. The average Bonchev–Trinajstić information content (AvgIpc) is 2.65. The lowest BCUT2D eigenvalue weighted by atomic mass is 9.80. The summed E-state index contributed by atoms with van der Waals surface area (Å²) in [6, 6.07) is 6.72. The number of thiazole rings is 1. The van der Waals surface area contributed by atoms with E-state index in [1.54, 1.807) is 30.5 Å². The highest BCUT2D eigenvalue weighted by Gasteiger charge is 2.10. The Morgan fingerprint density at radius 3 is 2.33 bits per heavy atom. The van der Waals surface area contributed by atoms with Crippen LogP contribution in [0.15, 0.2) is 35.3 Å². The van der Waals surface area contributed by atoms with Crippen LogP contribution < -0.4 is 10.3 Å². The zero-order valence-electron chi connectivity index (χ0n) is 7.68. The van der Waals surface area contributed by atoms with Crippen molar-refractivity contribution in [2.24, 2.45) is 0 Å². The molecule has 2 rings (SSSR count). The molecule has 0 amide bonds. The second-order valence-electron chi connectivity index (χ2n) is 3.04. The molecule has 3 N–H and O–H groups in total. The second-order valence-corrected chi connectivity index (χ2v) is 4.05. The van der Waals surface area contributed by atoms with Crippen LogP contribution in [0.4, 0.5) is 0 Å². The smallest absolute Gasteiger partial charge is 0.423 e. The molecule has 2 aromatic rings. The molecule has 6 heteroatoms. The Morgan fingerprint density at radius 2 is 1.87 bits per heavy atom. The molecule has 0 aliphatic carbocycles. The van der Waals surface area contributed by atoms with Crippen molar-refractivity contribution >= 4 is 23.9 Å². The molecule has 76 valence electrons. The first-order valence-corrected chi connectivity index (χ1v) is 5.13. The number of H-pyrrole nitrogens is 1. The highest BCUT2D eigenvalue weighted by atomic mass is 32.1. The van der Waals surface area contributed by atoms with Crippen LogP contribution in [-0.4, -0.2) is 22.2 Å². The molecule has 0 spiro atoms. The summed E-state index contributed by atoms with van der Waals surface area (Å²) in [6.45, 7) is 0. The molecular formula is C9H8BNO3S. The monoisotopic (exact) mass is 221 g/mol. The molecule has 15 heavy (non-hydrogen) atoms. The number of hydrogen-bond acceptors (Lipinski definition) is 4. The van der Waals surface area contributed by atoms with Crippen LogP contribution in [0, 0.1) is 0 Å². The number of aromatic amines is 1. The predicted octanol–water partition coefficient (Wildman–Crippen LogP) is -0.217. The molecule has 0 bridgehead atoms. The summed E-state index contributed by atoms with van der Waals surface area (Å²) in [7, 11) is -1.45. The van der Waals surface area contributed by atoms with Crippen molar-refractivity contribution < 1.29 is 10.0 Å². The van der Waals surface area contributed by atoms with E-state index in [1.807, 2.05) is 0 Å². The molecule has 0 aliphatic heterocycles. The second kappa shape index (κ2) is 4.02. The minimum absolute atomic E-state index is 0.101. The summed E-state index contributed by atoms with van der Waals surface area (Å²) in [6.07, 6.45) is 1.64. The van der Waals surface area contributed by atoms with Crippen molar-refractivity contribution in [3.8, 4) is 10.4 Å². The van der Waals surface area contributed by atoms with Crippen LogP contribution >= 0.6 is 11.3 Å². The molecular weight excluding hydrogens is 213 g/mol. The Balaban J connectivity index is 2.35. The Labute approximate surface area is 90.0 Å². The first-order chi connectivity index (χ1) is 7.16. The summed E-state index contributed by atoms with van der Waals surface area (Å²) < 4.78 is 0. The Hall–Kier alpha value is -1.37. The van der Waals surface area contributed by atoms with Gasteiger partial charge in [-0.15, -0.1) is 0 Å². The topological polar surface area (TPSA) is 73.3 Å². The summed E-state index contributed by atoms with van der Waals surface area (Å²) in [5, 5.41) is 17.8. The van der Waals surface area contributed by atoms with Crippen molar-refractivity contribution in [1.82, 2.24) is 4.98 Å². The molecule has 1 aromatic heterocycles. The van der Waals surface area contributed by atoms with Gasteiger partial charge >= 0.3 is 12.0 Å². The van der Waals surface area contributed by atoms with E-state index in [0.29, 0.717) is 5.46 Å². The molecule has 0 fully saturated rings. The highest BCUT2D eigenvalue weighted by Crippen LogP contribution is 2.19. The normalized spacial score (nSPS) is 10.3. The standard InChI is InChI=1S/C9H8BNO3S/c12-9-11-5-8(15-9)6-1-3-7(4-2-6)10(13)14/h1-5,13-14H,(H,11,12). The van der Waals surface area contributed by atoms with Gasteiger partial charge in [0.2, 0.25) is 0 Å². The number of aromatic nitrogens is 1. The maximum atomic E-state index is 10.9. The van der Waals surface area contributed by atoms with E-state index in [0.717, 1.165) is 21.8 Å². The molecule has 0 saturated carbocycles. The number of benzene rings is 1. The Bertz CT molecular complexity index is 503. The lowest BCUT2D eigenvalue weighted by Gasteiger charge is -2.00. The summed E-state index contributed by atoms with van der Waals surface area (Å²) in [5.74, 6) is 0. The highest BCUT2D eigenvalue weighted by molar-refractivity contribution is 7.12. The number of rotatable bonds is 2. The minimum atomic E-state index is -1.45. The first-order valence-electron chi connectivity index (χ1n) is 4.32. The predicted molar refractivity (Wildman–Crippen MR) is 60.2 cm³/mol. The van der Waals surface area contributed by atoms with Crippen LogP contribution in [-0.2, 0) is 0 Å². The zero-order valence-corrected chi connectivity index (χ0v) is 8.49. The van der Waals surface area contributed by atoms with E-state index < -0.39 is 7.12 Å². The van der Waals surface area contributed by atoms with E-state index in [2.05, 4.69) is 4.98 Å². The molecule has 1 aromatic carbocycles. The van der Waals surface area contributed by atoms with Crippen molar-refractivity contribution in [1.29, 1.82) is 0 Å². The molecule has 0 unspecified atom stereocenters. The van der Waals surface area contributed by atoms with Gasteiger partial charge in [0.1, 0.15) is 0 Å². The van der Waals surface area contributed by atoms with Gasteiger partial charge in [-0.3, -0.25) is 4.79 Å². The molecule has 0 radical (unpaired) electrons. The summed E-state index contributed by atoms with van der Waals surface area (Å²) >= 11 is 1.12. The van der Waals surface area contributed by atoms with E-state index in [4.69, 9.17) is 10.0 Å². The minimum Gasteiger partial charge on any atom is -0.423 e. The third-order valence-electron chi connectivity index (χ3n) is 2.02. The van der Waals surface area contributed by atoms with Gasteiger partial charge in [0.25, 0.3) is 0 Å². The van der Waals surface area contributed by atoms with Gasteiger partial charge < -0.3 is 15.0 Å². The fraction of sp³-hybridized carbons (Fsp3) is 0. The number of hydrogen-bond donors (Lipinski definition) is 3. The SMILES string of the molecule is O=c1[nH]cc(-c2ccc(B(O)O)cc2)s1. The van der Waals surface area contributed by atoms with Crippen LogP contribution in [0.25, 0.3) is 10.4 Å². The zero-order chi connectivity index (χ0) is 10.8. The van der Waals surface area contributed by atoms with Gasteiger partial charge in [-0.25, -0.2) is 0 Å². The van der Waals surface area contributed by atoms with Gasteiger partial charge in [-0.2, -0.15) is 0 Å². The van der Waals surface area contributed by atoms with Gasteiger partial charge in [0, 0.05) is 6.20 Å². The molecule has 4 nitrogen and oxygen atoms in total. The first kappa shape index (κ1) is 10.2. The van der Waals surface area contributed by atoms with E-state index >= 15 is 0 Å². The Morgan fingerprint density at radius 1 is 1.20 bits per heavy atom. The third-order valence-corrected chi connectivity index (χ3v) is 2.89.